The molecule has 0 aliphatic heterocycles. The second-order valence-electron chi connectivity index (χ2n) is 7.62. The van der Waals surface area contributed by atoms with Crippen molar-refractivity contribution in [2.75, 3.05) is 24.7 Å². The van der Waals surface area contributed by atoms with Crippen molar-refractivity contribution in [3.8, 4) is 5.75 Å². The highest BCUT2D eigenvalue weighted by Gasteiger charge is 2.27. The number of nitrogens with one attached hydrogen (secondary N) is 2. The summed E-state index contributed by atoms with van der Waals surface area (Å²) in [5.74, 6) is 0.453. The van der Waals surface area contributed by atoms with Gasteiger partial charge in [0.05, 0.1) is 12.9 Å². The average Bonchev–Trinajstić information content (AvgIpc) is 3.16. The minimum Gasteiger partial charge on any atom is -0.494 e. The van der Waals surface area contributed by atoms with Gasteiger partial charge in [-0.25, -0.2) is 27.9 Å². The number of rotatable bonds is 9. The number of primary sulfonamides is 1. The number of sulfonamides is 1. The Labute approximate surface area is 176 Å². The lowest BCUT2D eigenvalue weighted by Gasteiger charge is -2.21. The summed E-state index contributed by atoms with van der Waals surface area (Å²) < 4.78 is 40.6. The number of benzene rings is 1. The van der Waals surface area contributed by atoms with Gasteiger partial charge < -0.3 is 15.4 Å². The van der Waals surface area contributed by atoms with Crippen LogP contribution in [0.4, 0.5) is 10.3 Å². The molecular weight excluding hydrogens is 409 g/mol. The molecule has 30 heavy (non-hydrogen) atoms. The van der Waals surface area contributed by atoms with Gasteiger partial charge in [-0.2, -0.15) is 0 Å². The van der Waals surface area contributed by atoms with Crippen LogP contribution in [0.25, 0.3) is 0 Å². The van der Waals surface area contributed by atoms with E-state index in [0.717, 1.165) is 30.4 Å². The highest BCUT2D eigenvalue weighted by Crippen LogP contribution is 2.35. The van der Waals surface area contributed by atoms with E-state index >= 15 is 0 Å². The molecule has 1 unspecified atom stereocenters. The maximum absolute atomic E-state index is 13.6. The van der Waals surface area contributed by atoms with E-state index in [0.29, 0.717) is 17.9 Å². The molecule has 1 aliphatic rings. The standard InChI is InChI=1S/C20H28FN5O3S/c1-13(14-4-6-18(21)19(10-14)29-2)26-17-5-3-15(9-17)16-11-24-20(25-12-16)23-7-8-30(22,27)28/h4,6,10-13,15,17,26H,3,5,7-9H2,1-2H3,(H2,22,27,28)(H,23,24,25)/t13-,15-,17?/m1/s1. The lowest BCUT2D eigenvalue weighted by molar-refractivity contribution is 0.384. The molecule has 1 aromatic heterocycles. The summed E-state index contributed by atoms with van der Waals surface area (Å²) in [5, 5.41) is 11.4. The van der Waals surface area contributed by atoms with E-state index in [2.05, 4.69) is 27.5 Å². The molecule has 3 atom stereocenters. The highest BCUT2D eigenvalue weighted by molar-refractivity contribution is 7.89. The molecule has 1 fully saturated rings. The Kier molecular flexibility index (Phi) is 7.22. The van der Waals surface area contributed by atoms with E-state index in [1.807, 2.05) is 0 Å². The van der Waals surface area contributed by atoms with E-state index < -0.39 is 10.0 Å². The van der Waals surface area contributed by atoms with Gasteiger partial charge in [0.2, 0.25) is 16.0 Å². The summed E-state index contributed by atoms with van der Waals surface area (Å²) in [4.78, 5) is 8.55. The first-order valence-corrected chi connectivity index (χ1v) is 11.6. The van der Waals surface area contributed by atoms with Gasteiger partial charge in [-0.15, -0.1) is 0 Å². The third-order valence-electron chi connectivity index (χ3n) is 5.41. The Morgan fingerprint density at radius 1 is 1.30 bits per heavy atom. The van der Waals surface area contributed by atoms with Crippen LogP contribution in [0, 0.1) is 5.82 Å². The molecular formula is C20H28FN5O3S. The van der Waals surface area contributed by atoms with Gasteiger partial charge in [0.15, 0.2) is 11.6 Å². The Balaban J connectivity index is 1.52. The molecule has 1 aromatic carbocycles. The average molecular weight is 438 g/mol. The number of ether oxygens (including phenoxy) is 1. The molecule has 1 heterocycles. The van der Waals surface area contributed by atoms with Crippen molar-refractivity contribution in [2.24, 2.45) is 5.14 Å². The van der Waals surface area contributed by atoms with Crippen molar-refractivity contribution < 1.29 is 17.5 Å². The molecule has 0 amide bonds. The van der Waals surface area contributed by atoms with Crippen molar-refractivity contribution in [1.29, 1.82) is 0 Å². The third kappa shape index (κ3) is 6.10. The van der Waals surface area contributed by atoms with E-state index in [1.165, 1.54) is 13.2 Å². The van der Waals surface area contributed by atoms with Crippen molar-refractivity contribution in [2.45, 2.75) is 44.2 Å². The normalized spacial score (nSPS) is 20.1. The summed E-state index contributed by atoms with van der Waals surface area (Å²) in [6.07, 6.45) is 6.59. The number of hydrogen-bond acceptors (Lipinski definition) is 7. The fraction of sp³-hybridized carbons (Fsp3) is 0.500. The third-order valence-corrected chi connectivity index (χ3v) is 6.18. The van der Waals surface area contributed by atoms with Gasteiger partial charge in [0.25, 0.3) is 0 Å². The van der Waals surface area contributed by atoms with Gasteiger partial charge in [0.1, 0.15) is 0 Å². The Morgan fingerprint density at radius 3 is 2.70 bits per heavy atom. The molecule has 0 radical (unpaired) electrons. The first-order chi connectivity index (χ1) is 14.2. The number of anilines is 1. The molecule has 8 nitrogen and oxygen atoms in total. The molecule has 4 N–H and O–H groups in total. The van der Waals surface area contributed by atoms with Crippen LogP contribution in [0.15, 0.2) is 30.6 Å². The summed E-state index contributed by atoms with van der Waals surface area (Å²) >= 11 is 0. The number of hydrogen-bond donors (Lipinski definition) is 3. The Bertz CT molecular complexity index is 955. The van der Waals surface area contributed by atoms with E-state index in [-0.39, 0.29) is 29.9 Å². The fourth-order valence-corrected chi connectivity index (χ4v) is 4.16. The van der Waals surface area contributed by atoms with Crippen LogP contribution in [0.5, 0.6) is 5.75 Å². The lowest BCUT2D eigenvalue weighted by atomic mass is 10.0. The molecule has 0 saturated heterocycles. The zero-order chi connectivity index (χ0) is 21.7. The molecule has 10 heteroatoms. The molecule has 164 valence electrons. The summed E-state index contributed by atoms with van der Waals surface area (Å²) in [6.45, 7) is 2.23. The fourth-order valence-electron chi connectivity index (χ4n) is 3.78. The van der Waals surface area contributed by atoms with Gasteiger partial charge in [-0.05, 0) is 55.4 Å². The zero-order valence-corrected chi connectivity index (χ0v) is 18.0. The van der Waals surface area contributed by atoms with Gasteiger partial charge in [-0.1, -0.05) is 6.07 Å². The van der Waals surface area contributed by atoms with Gasteiger partial charge >= 0.3 is 0 Å². The second-order valence-corrected chi connectivity index (χ2v) is 9.36. The maximum Gasteiger partial charge on any atom is 0.222 e. The van der Waals surface area contributed by atoms with Crippen molar-refractivity contribution in [1.82, 2.24) is 15.3 Å². The topological polar surface area (TPSA) is 119 Å². The van der Waals surface area contributed by atoms with E-state index in [1.54, 1.807) is 24.5 Å². The Morgan fingerprint density at radius 2 is 2.03 bits per heavy atom. The smallest absolute Gasteiger partial charge is 0.222 e. The van der Waals surface area contributed by atoms with Gasteiger partial charge in [-0.3, -0.25) is 0 Å². The molecule has 0 spiro atoms. The largest absolute Gasteiger partial charge is 0.494 e. The number of halogens is 1. The second kappa shape index (κ2) is 9.67. The molecule has 3 rings (SSSR count). The first kappa shape index (κ1) is 22.4. The molecule has 1 aliphatic carbocycles. The summed E-state index contributed by atoms with van der Waals surface area (Å²) in [6, 6.07) is 5.35. The lowest BCUT2D eigenvalue weighted by Crippen LogP contribution is -2.29. The monoisotopic (exact) mass is 437 g/mol. The predicted molar refractivity (Wildman–Crippen MR) is 113 cm³/mol. The van der Waals surface area contributed by atoms with Crippen LogP contribution >= 0.6 is 0 Å². The zero-order valence-electron chi connectivity index (χ0n) is 17.1. The van der Waals surface area contributed by atoms with Crippen LogP contribution in [-0.2, 0) is 10.0 Å². The molecule has 1 saturated carbocycles. The van der Waals surface area contributed by atoms with E-state index in [9.17, 15) is 12.8 Å². The first-order valence-electron chi connectivity index (χ1n) is 9.91. The molecule has 0 bridgehead atoms. The highest BCUT2D eigenvalue weighted by atomic mass is 32.2. The van der Waals surface area contributed by atoms with Crippen LogP contribution < -0.4 is 20.5 Å². The quantitative estimate of drug-likeness (QED) is 0.551. The number of aromatic nitrogens is 2. The molecule has 2 aromatic rings. The van der Waals surface area contributed by atoms with Crippen molar-refractivity contribution >= 4 is 16.0 Å². The predicted octanol–water partition coefficient (Wildman–Crippen LogP) is 2.31. The SMILES string of the molecule is COc1cc([C@@H](C)NC2CC[C@@H](c3cnc(NCCS(N)(=O)=O)nc3)C2)ccc1F. The number of methoxy groups -OCH3 is 1. The number of nitrogens with two attached hydrogens (primary N) is 1. The van der Waals surface area contributed by atoms with Crippen molar-refractivity contribution in [3.63, 3.8) is 0 Å². The Hall–Kier alpha value is -2.30. The summed E-state index contributed by atoms with van der Waals surface area (Å²) in [7, 11) is -2.05. The van der Waals surface area contributed by atoms with Crippen molar-refractivity contribution in [3.05, 3.63) is 47.5 Å². The van der Waals surface area contributed by atoms with Crippen LogP contribution in [0.2, 0.25) is 0 Å². The van der Waals surface area contributed by atoms with Crippen LogP contribution in [0.1, 0.15) is 49.3 Å². The van der Waals surface area contributed by atoms with Gasteiger partial charge in [0, 0.05) is 31.0 Å². The number of nitrogens with zero attached hydrogens (tertiary/aromatic N) is 2. The van der Waals surface area contributed by atoms with Crippen LogP contribution in [-0.4, -0.2) is 43.8 Å². The maximum atomic E-state index is 13.6. The summed E-state index contributed by atoms with van der Waals surface area (Å²) in [5.41, 5.74) is 2.04. The van der Waals surface area contributed by atoms with E-state index in [4.69, 9.17) is 9.88 Å². The minimum atomic E-state index is -3.51. The van der Waals surface area contributed by atoms with Crippen LogP contribution in [0.3, 0.4) is 0 Å². The minimum absolute atomic E-state index is 0.0740.